The summed E-state index contributed by atoms with van der Waals surface area (Å²) in [5, 5.41) is 3.83. The first kappa shape index (κ1) is 23.7. The molecule has 34 heavy (non-hydrogen) atoms. The number of fused-ring (bicyclic) bond motifs is 1. The molecule has 2 aromatic carbocycles. The number of carbonyl (C=O) groups is 2. The molecule has 2 aromatic heterocycles. The van der Waals surface area contributed by atoms with Crippen molar-refractivity contribution in [2.45, 2.75) is 26.8 Å². The van der Waals surface area contributed by atoms with Crippen molar-refractivity contribution in [1.82, 2.24) is 9.55 Å². The second-order valence-electron chi connectivity index (χ2n) is 7.66. The second kappa shape index (κ2) is 10.2. The summed E-state index contributed by atoms with van der Waals surface area (Å²) >= 11 is 7.45. The van der Waals surface area contributed by atoms with E-state index in [1.54, 1.807) is 36.4 Å². The zero-order valence-corrected chi connectivity index (χ0v) is 20.2. The summed E-state index contributed by atoms with van der Waals surface area (Å²) in [4.78, 5) is 43.8. The Morgan fingerprint density at radius 1 is 1.12 bits per heavy atom. The Balaban J connectivity index is 1.54. The topological polar surface area (TPSA) is 90.3 Å². The smallest absolute Gasteiger partial charge is 0.338 e. The fourth-order valence-corrected chi connectivity index (χ4v) is 4.67. The maximum absolute atomic E-state index is 13.3. The minimum atomic E-state index is -0.409. The summed E-state index contributed by atoms with van der Waals surface area (Å²) in [5.74, 6) is -0.794. The molecular formula is C25H22ClN3O4S. The molecule has 0 atom stereocenters. The van der Waals surface area contributed by atoms with Gasteiger partial charge in [-0.15, -0.1) is 11.3 Å². The Labute approximate surface area is 205 Å². The summed E-state index contributed by atoms with van der Waals surface area (Å²) in [6.07, 6.45) is 2.13. The molecule has 0 saturated carbocycles. The van der Waals surface area contributed by atoms with E-state index in [-0.39, 0.29) is 18.0 Å². The third-order valence-corrected chi connectivity index (χ3v) is 6.41. The van der Waals surface area contributed by atoms with Gasteiger partial charge in [0.25, 0.3) is 5.56 Å². The van der Waals surface area contributed by atoms with Crippen LogP contribution in [0.1, 0.15) is 28.6 Å². The standard InChI is InChI=1S/C25H22ClN3O4S/c1-3-12-33-25(32)17-6-10-19(11-7-17)28-20(30)13-29-14-27-23-22(24(29)31)21(15(2)34-23)16-4-8-18(26)9-5-16/h4-11,14H,3,12-13H2,1-2H3,(H,28,30). The molecule has 4 rings (SSSR count). The second-order valence-corrected chi connectivity index (χ2v) is 9.30. The summed E-state index contributed by atoms with van der Waals surface area (Å²) in [7, 11) is 0. The fourth-order valence-electron chi connectivity index (χ4n) is 3.54. The van der Waals surface area contributed by atoms with E-state index >= 15 is 0 Å². The van der Waals surface area contributed by atoms with Crippen LogP contribution in [0.15, 0.2) is 59.7 Å². The average molecular weight is 496 g/mol. The highest BCUT2D eigenvalue weighted by molar-refractivity contribution is 7.19. The van der Waals surface area contributed by atoms with Crippen molar-refractivity contribution in [1.29, 1.82) is 0 Å². The number of esters is 1. The van der Waals surface area contributed by atoms with Gasteiger partial charge in [0.2, 0.25) is 5.91 Å². The van der Waals surface area contributed by atoms with Gasteiger partial charge in [0.1, 0.15) is 11.4 Å². The predicted molar refractivity (Wildman–Crippen MR) is 135 cm³/mol. The fraction of sp³-hybridized carbons (Fsp3) is 0.200. The van der Waals surface area contributed by atoms with Crippen LogP contribution in [0.2, 0.25) is 5.02 Å². The van der Waals surface area contributed by atoms with E-state index in [0.29, 0.717) is 33.1 Å². The molecule has 2 heterocycles. The predicted octanol–water partition coefficient (Wildman–Crippen LogP) is 5.29. The highest BCUT2D eigenvalue weighted by Gasteiger charge is 2.18. The molecular weight excluding hydrogens is 474 g/mol. The molecule has 7 nitrogen and oxygen atoms in total. The first-order chi connectivity index (χ1) is 16.4. The van der Waals surface area contributed by atoms with Gasteiger partial charge in [0.05, 0.1) is 23.9 Å². The minimum absolute atomic E-state index is 0.197. The largest absolute Gasteiger partial charge is 0.462 e. The quantitative estimate of drug-likeness (QED) is 0.352. The number of aromatic nitrogens is 2. The number of carbonyl (C=O) groups excluding carboxylic acids is 2. The van der Waals surface area contributed by atoms with Crippen LogP contribution in [0.3, 0.4) is 0 Å². The van der Waals surface area contributed by atoms with Crippen LogP contribution in [-0.2, 0) is 16.1 Å². The number of anilines is 1. The number of aryl methyl sites for hydroxylation is 1. The number of amides is 1. The summed E-state index contributed by atoms with van der Waals surface area (Å²) in [5.41, 5.74) is 2.29. The Morgan fingerprint density at radius 3 is 2.50 bits per heavy atom. The lowest BCUT2D eigenvalue weighted by Crippen LogP contribution is -2.27. The molecule has 0 fully saturated rings. The molecule has 1 N–H and O–H groups in total. The number of ether oxygens (including phenoxy) is 1. The molecule has 0 bridgehead atoms. The molecule has 4 aromatic rings. The normalized spacial score (nSPS) is 10.9. The van der Waals surface area contributed by atoms with Crippen LogP contribution in [0.5, 0.6) is 0 Å². The molecule has 0 aliphatic carbocycles. The molecule has 0 aliphatic heterocycles. The highest BCUT2D eigenvalue weighted by atomic mass is 35.5. The number of thiophene rings is 1. The Hall–Kier alpha value is -3.49. The Kier molecular flexibility index (Phi) is 7.09. The maximum atomic E-state index is 13.3. The first-order valence-corrected chi connectivity index (χ1v) is 11.9. The van der Waals surface area contributed by atoms with Crippen molar-refractivity contribution >= 4 is 50.7 Å². The molecule has 0 aliphatic rings. The minimum Gasteiger partial charge on any atom is -0.462 e. The number of hydrogen-bond acceptors (Lipinski definition) is 6. The highest BCUT2D eigenvalue weighted by Crippen LogP contribution is 2.35. The molecule has 0 spiro atoms. The van der Waals surface area contributed by atoms with Crippen LogP contribution in [0.4, 0.5) is 5.69 Å². The average Bonchev–Trinajstić information content (AvgIpc) is 3.17. The summed E-state index contributed by atoms with van der Waals surface area (Å²) < 4.78 is 6.39. The third kappa shape index (κ3) is 5.03. The van der Waals surface area contributed by atoms with Crippen LogP contribution >= 0.6 is 22.9 Å². The molecule has 9 heteroatoms. The van der Waals surface area contributed by atoms with Crippen LogP contribution in [-0.4, -0.2) is 28.0 Å². The number of rotatable bonds is 7. The van der Waals surface area contributed by atoms with Crippen molar-refractivity contribution in [3.05, 3.63) is 80.7 Å². The number of nitrogens with one attached hydrogen (secondary N) is 1. The molecule has 174 valence electrons. The van der Waals surface area contributed by atoms with E-state index in [1.807, 2.05) is 26.0 Å². The van der Waals surface area contributed by atoms with Gasteiger partial charge in [0.15, 0.2) is 0 Å². The lowest BCUT2D eigenvalue weighted by molar-refractivity contribution is -0.116. The monoisotopic (exact) mass is 495 g/mol. The van der Waals surface area contributed by atoms with Crippen LogP contribution in [0, 0.1) is 6.92 Å². The van der Waals surface area contributed by atoms with Crippen LogP contribution < -0.4 is 10.9 Å². The SMILES string of the molecule is CCCOC(=O)c1ccc(NC(=O)Cn2cnc3sc(C)c(-c4ccc(Cl)cc4)c3c2=O)cc1. The van der Waals surface area contributed by atoms with E-state index in [9.17, 15) is 14.4 Å². The molecule has 1 amide bonds. The van der Waals surface area contributed by atoms with Crippen molar-refractivity contribution in [3.8, 4) is 11.1 Å². The lowest BCUT2D eigenvalue weighted by atomic mass is 10.0. The number of halogens is 1. The van der Waals surface area contributed by atoms with Crippen molar-refractivity contribution < 1.29 is 14.3 Å². The van der Waals surface area contributed by atoms with Gasteiger partial charge in [-0.3, -0.25) is 14.2 Å². The summed E-state index contributed by atoms with van der Waals surface area (Å²) in [6, 6.07) is 13.7. The van der Waals surface area contributed by atoms with Gasteiger partial charge in [-0.1, -0.05) is 30.7 Å². The van der Waals surface area contributed by atoms with Gasteiger partial charge in [-0.2, -0.15) is 0 Å². The molecule has 0 saturated heterocycles. The maximum Gasteiger partial charge on any atom is 0.338 e. The first-order valence-electron chi connectivity index (χ1n) is 10.7. The van der Waals surface area contributed by atoms with Gasteiger partial charge in [-0.25, -0.2) is 9.78 Å². The van der Waals surface area contributed by atoms with Crippen molar-refractivity contribution in [3.63, 3.8) is 0 Å². The third-order valence-electron chi connectivity index (χ3n) is 5.14. The van der Waals surface area contributed by atoms with Gasteiger partial charge < -0.3 is 10.1 Å². The van der Waals surface area contributed by atoms with Gasteiger partial charge >= 0.3 is 5.97 Å². The number of nitrogens with zero attached hydrogens (tertiary/aromatic N) is 2. The Morgan fingerprint density at radius 2 is 1.82 bits per heavy atom. The van der Waals surface area contributed by atoms with Crippen molar-refractivity contribution in [2.75, 3.05) is 11.9 Å². The molecule has 0 unspecified atom stereocenters. The summed E-state index contributed by atoms with van der Waals surface area (Å²) in [6.45, 7) is 4.02. The molecule has 0 radical (unpaired) electrons. The zero-order chi connectivity index (χ0) is 24.2. The Bertz CT molecular complexity index is 1410. The van der Waals surface area contributed by atoms with E-state index in [0.717, 1.165) is 22.4 Å². The lowest BCUT2D eigenvalue weighted by Gasteiger charge is -2.09. The van der Waals surface area contributed by atoms with E-state index < -0.39 is 5.97 Å². The van der Waals surface area contributed by atoms with Crippen LogP contribution in [0.25, 0.3) is 21.3 Å². The van der Waals surface area contributed by atoms with Gasteiger partial charge in [-0.05, 0) is 55.3 Å². The number of hydrogen-bond donors (Lipinski definition) is 1. The number of benzene rings is 2. The van der Waals surface area contributed by atoms with Crippen molar-refractivity contribution in [2.24, 2.45) is 0 Å². The van der Waals surface area contributed by atoms with E-state index in [2.05, 4.69) is 10.3 Å². The van der Waals surface area contributed by atoms with E-state index in [4.69, 9.17) is 16.3 Å². The zero-order valence-electron chi connectivity index (χ0n) is 18.6. The van der Waals surface area contributed by atoms with E-state index in [1.165, 1.54) is 22.2 Å². The van der Waals surface area contributed by atoms with Gasteiger partial charge in [0, 0.05) is 21.2 Å².